The van der Waals surface area contributed by atoms with Gasteiger partial charge in [0.05, 0.1) is 6.10 Å². The van der Waals surface area contributed by atoms with Gasteiger partial charge in [0.2, 0.25) is 0 Å². The average molecular weight is 346 g/mol. The third kappa shape index (κ3) is 2.40. The second kappa shape index (κ2) is 5.60. The van der Waals surface area contributed by atoms with Crippen molar-refractivity contribution in [2.75, 3.05) is 6.67 Å². The van der Waals surface area contributed by atoms with E-state index in [0.717, 1.165) is 25.7 Å². The highest BCUT2D eigenvalue weighted by molar-refractivity contribution is 5.97. The summed E-state index contributed by atoms with van der Waals surface area (Å²) in [6.45, 7) is 3.36. The van der Waals surface area contributed by atoms with Gasteiger partial charge >= 0.3 is 0 Å². The summed E-state index contributed by atoms with van der Waals surface area (Å²) in [5, 5.41) is 10.3. The van der Waals surface area contributed by atoms with Crippen LogP contribution in [0.1, 0.15) is 58.8 Å². The summed E-state index contributed by atoms with van der Waals surface area (Å²) < 4.78 is 12.9. The van der Waals surface area contributed by atoms with Crippen LogP contribution in [-0.4, -0.2) is 29.5 Å². The molecule has 1 N–H and O–H groups in total. The number of hydrogen-bond donors (Lipinski definition) is 1. The number of allylic oxidation sites excluding steroid dienone is 3. The number of aliphatic hydroxyl groups excluding tert-OH is 1. The molecule has 3 nitrogen and oxygen atoms in total. The smallest absolute Gasteiger partial charge is 0.192 e. The van der Waals surface area contributed by atoms with Crippen molar-refractivity contribution in [2.24, 2.45) is 22.7 Å². The zero-order valence-electron chi connectivity index (χ0n) is 15.1. The molecule has 2 saturated carbocycles. The fourth-order valence-electron chi connectivity index (χ4n) is 6.30. The maximum atomic E-state index is 12.9. The van der Waals surface area contributed by atoms with Gasteiger partial charge in [0.1, 0.15) is 5.78 Å². The van der Waals surface area contributed by atoms with Crippen LogP contribution < -0.4 is 0 Å². The van der Waals surface area contributed by atoms with Gasteiger partial charge in [-0.3, -0.25) is 9.59 Å². The van der Waals surface area contributed by atoms with Gasteiger partial charge in [-0.1, -0.05) is 31.1 Å². The molecule has 0 aromatic rings. The second-order valence-corrected chi connectivity index (χ2v) is 9.06. The number of alkyl halides is 1. The molecule has 5 atom stereocenters. The SMILES string of the molecule is C[C@]12CC[C@@H]3C(=C1CC(=O)C2)CCC1CC(O)C(C(=O)CF)=C[C@@]13C. The summed E-state index contributed by atoms with van der Waals surface area (Å²) in [6, 6.07) is 0. The van der Waals surface area contributed by atoms with Crippen LogP contribution in [0, 0.1) is 22.7 Å². The molecule has 0 spiro atoms. The van der Waals surface area contributed by atoms with Gasteiger partial charge in [-0.2, -0.15) is 0 Å². The van der Waals surface area contributed by atoms with Gasteiger partial charge < -0.3 is 5.11 Å². The zero-order valence-corrected chi connectivity index (χ0v) is 15.1. The highest BCUT2D eigenvalue weighted by Crippen LogP contribution is 2.62. The van der Waals surface area contributed by atoms with Gasteiger partial charge in [0.25, 0.3) is 0 Å². The Morgan fingerprint density at radius 3 is 2.84 bits per heavy atom. The first-order valence-electron chi connectivity index (χ1n) is 9.52. The lowest BCUT2D eigenvalue weighted by Crippen LogP contribution is -2.47. The minimum atomic E-state index is -1.05. The lowest BCUT2D eigenvalue weighted by molar-refractivity contribution is -0.119. The molecule has 25 heavy (non-hydrogen) atoms. The molecule has 4 aliphatic carbocycles. The largest absolute Gasteiger partial charge is 0.388 e. The third-order valence-electron chi connectivity index (χ3n) is 7.65. The van der Waals surface area contributed by atoms with Crippen molar-refractivity contribution in [1.29, 1.82) is 0 Å². The van der Waals surface area contributed by atoms with Crippen LogP contribution in [-0.2, 0) is 9.59 Å². The topological polar surface area (TPSA) is 54.4 Å². The normalized spacial score (nSPS) is 43.3. The van der Waals surface area contributed by atoms with E-state index in [1.54, 1.807) is 0 Å². The number of hydrogen-bond acceptors (Lipinski definition) is 3. The minimum Gasteiger partial charge on any atom is -0.388 e. The molecule has 4 rings (SSSR count). The van der Waals surface area contributed by atoms with Crippen LogP contribution in [0.4, 0.5) is 4.39 Å². The fraction of sp³-hybridized carbons (Fsp3) is 0.714. The Labute approximate surface area is 148 Å². The predicted molar refractivity (Wildman–Crippen MR) is 92.6 cm³/mol. The van der Waals surface area contributed by atoms with Crippen LogP contribution >= 0.6 is 0 Å². The van der Waals surface area contributed by atoms with E-state index in [9.17, 15) is 19.1 Å². The zero-order chi connectivity index (χ0) is 18.0. The lowest BCUT2D eigenvalue weighted by Gasteiger charge is -2.54. The second-order valence-electron chi connectivity index (χ2n) is 9.06. The molecule has 4 aliphatic rings. The van der Waals surface area contributed by atoms with Crippen molar-refractivity contribution in [1.82, 2.24) is 0 Å². The predicted octanol–water partition coefficient (Wildman–Crippen LogP) is 3.71. The molecule has 0 radical (unpaired) electrons. The van der Waals surface area contributed by atoms with E-state index >= 15 is 0 Å². The lowest BCUT2D eigenvalue weighted by atomic mass is 9.50. The molecule has 0 aromatic carbocycles. The van der Waals surface area contributed by atoms with Gasteiger partial charge in [-0.25, -0.2) is 4.39 Å². The molecule has 0 bridgehead atoms. The maximum Gasteiger partial charge on any atom is 0.192 e. The van der Waals surface area contributed by atoms with Crippen molar-refractivity contribution < 1.29 is 19.1 Å². The molecule has 0 aromatic heterocycles. The van der Waals surface area contributed by atoms with E-state index in [1.165, 1.54) is 11.1 Å². The third-order valence-corrected chi connectivity index (χ3v) is 7.65. The summed E-state index contributed by atoms with van der Waals surface area (Å²) in [5.41, 5.74) is 2.86. The molecule has 0 aliphatic heterocycles. The highest BCUT2D eigenvalue weighted by atomic mass is 19.1. The van der Waals surface area contributed by atoms with E-state index in [4.69, 9.17) is 0 Å². The van der Waals surface area contributed by atoms with Gasteiger partial charge in [0.15, 0.2) is 12.5 Å². The Kier molecular flexibility index (Phi) is 3.84. The van der Waals surface area contributed by atoms with Crippen LogP contribution in [0.5, 0.6) is 0 Å². The summed E-state index contributed by atoms with van der Waals surface area (Å²) in [7, 11) is 0. The molecule has 0 saturated heterocycles. The Morgan fingerprint density at radius 2 is 2.12 bits per heavy atom. The van der Waals surface area contributed by atoms with E-state index < -0.39 is 18.6 Å². The number of halogens is 1. The quantitative estimate of drug-likeness (QED) is 0.776. The van der Waals surface area contributed by atoms with Gasteiger partial charge in [-0.05, 0) is 54.8 Å². The van der Waals surface area contributed by atoms with Crippen molar-refractivity contribution >= 4 is 11.6 Å². The van der Waals surface area contributed by atoms with E-state index in [1.807, 2.05) is 6.08 Å². The first kappa shape index (κ1) is 17.1. The number of ketones is 2. The number of carbonyl (C=O) groups excluding carboxylic acids is 2. The van der Waals surface area contributed by atoms with E-state index in [2.05, 4.69) is 13.8 Å². The van der Waals surface area contributed by atoms with E-state index in [-0.39, 0.29) is 16.4 Å². The van der Waals surface area contributed by atoms with Crippen molar-refractivity contribution in [3.8, 4) is 0 Å². The van der Waals surface area contributed by atoms with Crippen molar-refractivity contribution in [2.45, 2.75) is 64.9 Å². The molecular weight excluding hydrogens is 319 g/mol. The summed E-state index contributed by atoms with van der Waals surface area (Å²) in [5.74, 6) is 0.397. The molecule has 136 valence electrons. The molecule has 0 amide bonds. The summed E-state index contributed by atoms with van der Waals surface area (Å²) >= 11 is 0. The standard InChI is InChI=1S/C21H27FO3/c1-20-6-5-16-14(17(20)8-13(23)9-20)4-3-12-7-18(24)15(19(25)11-22)10-21(12,16)2/h10,12,16,18,24H,3-9,11H2,1-2H3/t12?,16-,18?,20-,21+/m1/s1. The van der Waals surface area contributed by atoms with Crippen LogP contribution in [0.3, 0.4) is 0 Å². The van der Waals surface area contributed by atoms with E-state index in [0.29, 0.717) is 36.9 Å². The number of carbonyl (C=O) groups is 2. The van der Waals surface area contributed by atoms with Crippen molar-refractivity contribution in [3.63, 3.8) is 0 Å². The highest BCUT2D eigenvalue weighted by Gasteiger charge is 2.54. The molecule has 4 heteroatoms. The average Bonchev–Trinajstić information content (AvgIpc) is 2.88. The molecule has 0 heterocycles. The summed E-state index contributed by atoms with van der Waals surface area (Å²) in [6.07, 6.45) is 6.85. The summed E-state index contributed by atoms with van der Waals surface area (Å²) in [4.78, 5) is 24.1. The Morgan fingerprint density at radius 1 is 1.36 bits per heavy atom. The number of Topliss-reactive ketones (excluding diaryl/α,β-unsaturated/α-hetero) is 2. The van der Waals surface area contributed by atoms with Gasteiger partial charge in [-0.15, -0.1) is 0 Å². The van der Waals surface area contributed by atoms with Crippen LogP contribution in [0.2, 0.25) is 0 Å². The first-order chi connectivity index (χ1) is 11.8. The minimum absolute atomic E-state index is 0.0294. The van der Waals surface area contributed by atoms with Gasteiger partial charge in [0, 0.05) is 18.4 Å². The van der Waals surface area contributed by atoms with Crippen LogP contribution in [0.25, 0.3) is 0 Å². The molecule has 2 fully saturated rings. The number of aliphatic hydroxyl groups is 1. The molecule has 2 unspecified atom stereocenters. The first-order valence-corrected chi connectivity index (χ1v) is 9.52. The van der Waals surface area contributed by atoms with Crippen LogP contribution in [0.15, 0.2) is 22.8 Å². The maximum absolute atomic E-state index is 12.9. The Bertz CT molecular complexity index is 706. The fourth-order valence-corrected chi connectivity index (χ4v) is 6.30. The Balaban J connectivity index is 1.79. The monoisotopic (exact) mass is 346 g/mol. The number of fused-ring (bicyclic) bond motifs is 4. The molecular formula is C21H27FO3. The Hall–Kier alpha value is -1.29. The number of rotatable bonds is 2. The van der Waals surface area contributed by atoms with Crippen molar-refractivity contribution in [3.05, 3.63) is 22.8 Å².